The Bertz CT molecular complexity index is 500. The second-order valence-electron chi connectivity index (χ2n) is 5.71. The minimum Gasteiger partial charge on any atom is -0.453 e. The minimum atomic E-state index is -0.482. The molecule has 134 valence electrons. The number of nitrogens with one attached hydrogen (secondary N) is 2. The Balaban J connectivity index is 2.23. The molecule has 0 saturated heterocycles. The number of amides is 1. The summed E-state index contributed by atoms with van der Waals surface area (Å²) >= 11 is 0. The van der Waals surface area contributed by atoms with Crippen molar-refractivity contribution in [3.8, 4) is 0 Å². The summed E-state index contributed by atoms with van der Waals surface area (Å²) in [7, 11) is 1.33. The van der Waals surface area contributed by atoms with E-state index in [4.69, 9.17) is 5.73 Å². The summed E-state index contributed by atoms with van der Waals surface area (Å²) in [6, 6.07) is 7.41. The number of benzene rings is 1. The number of nitrogens with two attached hydrogens (primary N) is 1. The lowest BCUT2D eigenvalue weighted by Gasteiger charge is -2.06. The van der Waals surface area contributed by atoms with Gasteiger partial charge in [0.1, 0.15) is 0 Å². The highest BCUT2D eigenvalue weighted by molar-refractivity contribution is 5.84. The third kappa shape index (κ3) is 9.02. The molecule has 4 N–H and O–H groups in total. The molecule has 1 aromatic rings. The molecule has 1 aromatic carbocycles. The molecule has 0 aliphatic carbocycles. The van der Waals surface area contributed by atoms with Gasteiger partial charge in [0.2, 0.25) is 0 Å². The fourth-order valence-corrected chi connectivity index (χ4v) is 2.22. The number of rotatable bonds is 10. The second-order valence-corrected chi connectivity index (χ2v) is 5.71. The van der Waals surface area contributed by atoms with Crippen LogP contribution in [0, 0.1) is 0 Å². The van der Waals surface area contributed by atoms with Crippen molar-refractivity contribution in [2.75, 3.05) is 19.0 Å². The lowest BCUT2D eigenvalue weighted by Crippen LogP contribution is -2.32. The van der Waals surface area contributed by atoms with Crippen LogP contribution >= 0.6 is 0 Å². The lowest BCUT2D eigenvalue weighted by atomic mass is 10.1. The van der Waals surface area contributed by atoms with E-state index < -0.39 is 6.09 Å². The van der Waals surface area contributed by atoms with Crippen molar-refractivity contribution in [1.29, 1.82) is 0 Å². The summed E-state index contributed by atoms with van der Waals surface area (Å²) in [5.74, 6) is 0.473. The van der Waals surface area contributed by atoms with Gasteiger partial charge in [0, 0.05) is 12.2 Å². The van der Waals surface area contributed by atoms with Crippen molar-refractivity contribution in [2.24, 2.45) is 10.7 Å². The van der Waals surface area contributed by atoms with Crippen molar-refractivity contribution < 1.29 is 9.53 Å². The molecule has 1 amide bonds. The molecule has 0 aliphatic heterocycles. The first-order valence-corrected chi connectivity index (χ1v) is 8.63. The van der Waals surface area contributed by atoms with E-state index in [1.807, 2.05) is 24.3 Å². The number of anilines is 1. The first kappa shape index (κ1) is 19.8. The fraction of sp³-hybridized carbons (Fsp3) is 0.556. The van der Waals surface area contributed by atoms with Crippen LogP contribution < -0.4 is 16.4 Å². The number of unbranched alkanes of at least 4 members (excludes halogenated alkanes) is 5. The molecular formula is C18H30N4O2. The Morgan fingerprint density at radius 2 is 1.79 bits per heavy atom. The molecule has 0 aromatic heterocycles. The normalized spacial score (nSPS) is 11.2. The SMILES string of the molecule is CCCCCCCCNC(N)=NCc1ccc(NC(=O)OC)cc1. The molecule has 6 heteroatoms. The second kappa shape index (κ2) is 12.2. The molecule has 0 heterocycles. The zero-order chi connectivity index (χ0) is 17.6. The van der Waals surface area contributed by atoms with Crippen LogP contribution in [-0.4, -0.2) is 25.7 Å². The molecule has 1 rings (SSSR count). The number of hydrogen-bond acceptors (Lipinski definition) is 3. The quantitative estimate of drug-likeness (QED) is 0.346. The Labute approximate surface area is 144 Å². The summed E-state index contributed by atoms with van der Waals surface area (Å²) in [4.78, 5) is 15.4. The smallest absolute Gasteiger partial charge is 0.411 e. The minimum absolute atomic E-state index is 0.473. The van der Waals surface area contributed by atoms with Crippen molar-refractivity contribution in [3.05, 3.63) is 29.8 Å². The van der Waals surface area contributed by atoms with E-state index in [-0.39, 0.29) is 0 Å². The monoisotopic (exact) mass is 334 g/mol. The van der Waals surface area contributed by atoms with Crippen LogP contribution in [0.2, 0.25) is 0 Å². The van der Waals surface area contributed by atoms with Gasteiger partial charge in [0.25, 0.3) is 0 Å². The number of ether oxygens (including phenoxy) is 1. The largest absolute Gasteiger partial charge is 0.453 e. The molecule has 0 saturated carbocycles. The van der Waals surface area contributed by atoms with Gasteiger partial charge in [-0.15, -0.1) is 0 Å². The number of aliphatic imine (C=N–C) groups is 1. The van der Waals surface area contributed by atoms with E-state index in [0.717, 1.165) is 18.5 Å². The molecule has 0 atom stereocenters. The zero-order valence-corrected chi connectivity index (χ0v) is 14.8. The highest BCUT2D eigenvalue weighted by Gasteiger charge is 2.00. The number of nitrogens with zero attached hydrogens (tertiary/aromatic N) is 1. The van der Waals surface area contributed by atoms with E-state index in [9.17, 15) is 4.79 Å². The number of carbonyl (C=O) groups is 1. The van der Waals surface area contributed by atoms with Crippen LogP contribution in [0.3, 0.4) is 0 Å². The van der Waals surface area contributed by atoms with Crippen LogP contribution in [-0.2, 0) is 11.3 Å². The van der Waals surface area contributed by atoms with Crippen molar-refractivity contribution in [1.82, 2.24) is 5.32 Å². The van der Waals surface area contributed by atoms with Gasteiger partial charge in [-0.3, -0.25) is 5.32 Å². The molecule has 0 spiro atoms. The molecule has 6 nitrogen and oxygen atoms in total. The summed E-state index contributed by atoms with van der Waals surface area (Å²) in [6.07, 6.45) is 7.08. The first-order chi connectivity index (χ1) is 11.7. The Morgan fingerprint density at radius 3 is 2.46 bits per heavy atom. The van der Waals surface area contributed by atoms with E-state index in [1.54, 1.807) is 0 Å². The van der Waals surface area contributed by atoms with Crippen molar-refractivity contribution in [2.45, 2.75) is 52.0 Å². The maximum atomic E-state index is 11.1. The summed E-state index contributed by atoms with van der Waals surface area (Å²) in [5, 5.41) is 5.75. The van der Waals surface area contributed by atoms with Gasteiger partial charge < -0.3 is 15.8 Å². The maximum Gasteiger partial charge on any atom is 0.411 e. The van der Waals surface area contributed by atoms with Gasteiger partial charge in [-0.1, -0.05) is 51.2 Å². The Morgan fingerprint density at radius 1 is 1.12 bits per heavy atom. The summed E-state index contributed by atoms with van der Waals surface area (Å²) in [6.45, 7) is 3.60. The van der Waals surface area contributed by atoms with Crippen LogP contribution in [0.5, 0.6) is 0 Å². The third-order valence-electron chi connectivity index (χ3n) is 3.65. The van der Waals surface area contributed by atoms with Crippen molar-refractivity contribution in [3.63, 3.8) is 0 Å². The Hall–Kier alpha value is -2.24. The Kier molecular flexibility index (Phi) is 10.1. The van der Waals surface area contributed by atoms with Crippen LogP contribution in [0.1, 0.15) is 51.0 Å². The van der Waals surface area contributed by atoms with Gasteiger partial charge in [-0.2, -0.15) is 0 Å². The predicted octanol–water partition coefficient (Wildman–Crippen LogP) is 3.63. The van der Waals surface area contributed by atoms with E-state index in [0.29, 0.717) is 18.2 Å². The highest BCUT2D eigenvalue weighted by Crippen LogP contribution is 2.10. The molecule has 24 heavy (non-hydrogen) atoms. The van der Waals surface area contributed by atoms with E-state index in [1.165, 1.54) is 39.2 Å². The predicted molar refractivity (Wildman–Crippen MR) is 99.2 cm³/mol. The van der Waals surface area contributed by atoms with Gasteiger partial charge >= 0.3 is 6.09 Å². The van der Waals surface area contributed by atoms with Gasteiger partial charge in [0.05, 0.1) is 13.7 Å². The van der Waals surface area contributed by atoms with E-state index in [2.05, 4.69) is 27.3 Å². The zero-order valence-electron chi connectivity index (χ0n) is 14.8. The van der Waals surface area contributed by atoms with Gasteiger partial charge in [-0.25, -0.2) is 9.79 Å². The topological polar surface area (TPSA) is 88.7 Å². The third-order valence-corrected chi connectivity index (χ3v) is 3.65. The molecule has 0 aliphatic rings. The van der Waals surface area contributed by atoms with E-state index >= 15 is 0 Å². The number of guanidine groups is 1. The number of methoxy groups -OCH3 is 1. The van der Waals surface area contributed by atoms with Crippen LogP contribution in [0.15, 0.2) is 29.3 Å². The maximum absolute atomic E-state index is 11.1. The van der Waals surface area contributed by atoms with Crippen LogP contribution in [0.4, 0.5) is 10.5 Å². The molecule has 0 unspecified atom stereocenters. The highest BCUT2D eigenvalue weighted by atomic mass is 16.5. The number of hydrogen-bond donors (Lipinski definition) is 3. The lowest BCUT2D eigenvalue weighted by molar-refractivity contribution is 0.187. The first-order valence-electron chi connectivity index (χ1n) is 8.63. The number of carbonyl (C=O) groups excluding carboxylic acids is 1. The average molecular weight is 334 g/mol. The van der Waals surface area contributed by atoms with Crippen LogP contribution in [0.25, 0.3) is 0 Å². The molecule has 0 bridgehead atoms. The summed E-state index contributed by atoms with van der Waals surface area (Å²) < 4.78 is 4.54. The molecule has 0 fully saturated rings. The standard InChI is InChI=1S/C18H30N4O2/c1-3-4-5-6-7-8-13-20-17(19)21-14-15-9-11-16(12-10-15)22-18(23)24-2/h9-12H,3-8,13-14H2,1-2H3,(H,22,23)(H3,19,20,21). The summed E-state index contributed by atoms with van der Waals surface area (Å²) in [5.41, 5.74) is 7.57. The average Bonchev–Trinajstić information content (AvgIpc) is 2.60. The fourth-order valence-electron chi connectivity index (χ4n) is 2.22. The van der Waals surface area contributed by atoms with Crippen molar-refractivity contribution >= 4 is 17.7 Å². The molecule has 0 radical (unpaired) electrons. The van der Waals surface area contributed by atoms with Gasteiger partial charge in [0.15, 0.2) is 5.96 Å². The van der Waals surface area contributed by atoms with Gasteiger partial charge in [-0.05, 0) is 24.1 Å². The molecular weight excluding hydrogens is 304 g/mol.